The third-order valence-corrected chi connectivity index (χ3v) is 7.78. The molecular formula is C27H23N3O6. The summed E-state index contributed by atoms with van der Waals surface area (Å²) in [6.07, 6.45) is 0.441. The van der Waals surface area contributed by atoms with Crippen LogP contribution in [-0.2, 0) is 19.2 Å². The minimum Gasteiger partial charge on any atom is -0.478 e. The number of rotatable bonds is 6. The number of carbonyl (C=O) groups is 3. The summed E-state index contributed by atoms with van der Waals surface area (Å²) in [4.78, 5) is 46.2. The van der Waals surface area contributed by atoms with Gasteiger partial charge in [0.1, 0.15) is 17.9 Å². The van der Waals surface area contributed by atoms with E-state index >= 15 is 0 Å². The van der Waals surface area contributed by atoms with Crippen LogP contribution in [0.3, 0.4) is 0 Å². The van der Waals surface area contributed by atoms with E-state index in [0.29, 0.717) is 22.7 Å². The van der Waals surface area contributed by atoms with E-state index in [-0.39, 0.29) is 48.9 Å². The van der Waals surface area contributed by atoms with E-state index in [4.69, 9.17) is 19.6 Å². The second-order valence-electron chi connectivity index (χ2n) is 9.41. The molecule has 2 aliphatic carbocycles. The maximum absolute atomic E-state index is 13.6. The van der Waals surface area contributed by atoms with Crippen molar-refractivity contribution in [3.63, 3.8) is 0 Å². The van der Waals surface area contributed by atoms with Gasteiger partial charge in [0.05, 0.1) is 35.4 Å². The fourth-order valence-electron chi connectivity index (χ4n) is 6.48. The third-order valence-electron chi connectivity index (χ3n) is 7.78. The average molecular weight is 485 g/mol. The first kappa shape index (κ1) is 22.3. The highest BCUT2D eigenvalue weighted by atomic mass is 16.6. The summed E-state index contributed by atoms with van der Waals surface area (Å²) in [5.74, 6) is -1.59. The topological polar surface area (TPSA) is 118 Å². The molecule has 9 heteroatoms. The zero-order valence-electron chi connectivity index (χ0n) is 19.5. The van der Waals surface area contributed by atoms with Gasteiger partial charge in [-0.05, 0) is 55.7 Å². The number of benzene rings is 2. The molecule has 2 heterocycles. The molecule has 2 aliphatic heterocycles. The first-order valence-electron chi connectivity index (χ1n) is 12.0. The van der Waals surface area contributed by atoms with Crippen LogP contribution in [0.25, 0.3) is 0 Å². The highest BCUT2D eigenvalue weighted by Crippen LogP contribution is 2.62. The van der Waals surface area contributed by atoms with Gasteiger partial charge in [-0.1, -0.05) is 17.3 Å². The van der Waals surface area contributed by atoms with Crippen molar-refractivity contribution in [2.24, 2.45) is 34.7 Å². The lowest BCUT2D eigenvalue weighted by Gasteiger charge is -2.30. The highest BCUT2D eigenvalue weighted by molar-refractivity contribution is 6.23. The molecule has 36 heavy (non-hydrogen) atoms. The van der Waals surface area contributed by atoms with Gasteiger partial charge in [-0.25, -0.2) is 4.79 Å². The Morgan fingerprint density at radius 3 is 2.53 bits per heavy atom. The van der Waals surface area contributed by atoms with E-state index in [9.17, 15) is 14.4 Å². The number of imide groups is 1. The maximum Gasteiger partial charge on any atom is 0.338 e. The minimum atomic E-state index is -0.451. The summed E-state index contributed by atoms with van der Waals surface area (Å²) in [5.41, 5.74) is 2.26. The van der Waals surface area contributed by atoms with Gasteiger partial charge in [0, 0.05) is 17.4 Å². The van der Waals surface area contributed by atoms with Crippen molar-refractivity contribution >= 4 is 29.2 Å². The number of ether oxygens (including phenoxy) is 2. The molecule has 182 valence electrons. The lowest BCUT2D eigenvalue weighted by molar-refractivity contribution is -0.125. The number of amides is 2. The minimum absolute atomic E-state index is 0.0875. The SMILES string of the molecule is CCOC(=O)c1ccc(N2C(=O)C3C4CC(C5C(c6ccccc6OCC#N)=NOC45)C3C2=O)cc1. The van der Waals surface area contributed by atoms with Crippen molar-refractivity contribution in [1.82, 2.24) is 0 Å². The van der Waals surface area contributed by atoms with E-state index in [1.807, 2.05) is 24.3 Å². The molecule has 1 saturated heterocycles. The predicted molar refractivity (Wildman–Crippen MR) is 126 cm³/mol. The molecule has 2 aromatic carbocycles. The van der Waals surface area contributed by atoms with Crippen molar-refractivity contribution < 1.29 is 28.7 Å². The van der Waals surface area contributed by atoms with Crippen molar-refractivity contribution in [3.8, 4) is 11.8 Å². The van der Waals surface area contributed by atoms with Gasteiger partial charge in [0.15, 0.2) is 6.61 Å². The van der Waals surface area contributed by atoms with Crippen LogP contribution < -0.4 is 9.64 Å². The van der Waals surface area contributed by atoms with Crippen molar-refractivity contribution in [3.05, 3.63) is 59.7 Å². The monoisotopic (exact) mass is 485 g/mol. The second-order valence-corrected chi connectivity index (χ2v) is 9.41. The smallest absolute Gasteiger partial charge is 0.338 e. The van der Waals surface area contributed by atoms with E-state index in [0.717, 1.165) is 12.0 Å². The Hall–Kier alpha value is -4.19. The Morgan fingerprint density at radius 1 is 1.08 bits per heavy atom. The van der Waals surface area contributed by atoms with Gasteiger partial charge in [0.2, 0.25) is 11.8 Å². The fraction of sp³-hybridized carbons (Fsp3) is 0.370. The van der Waals surface area contributed by atoms with Gasteiger partial charge < -0.3 is 14.3 Å². The lowest BCUT2D eigenvalue weighted by Crippen LogP contribution is -2.41. The maximum atomic E-state index is 13.6. The normalized spacial score (nSPS) is 29.3. The quantitative estimate of drug-likeness (QED) is 0.456. The summed E-state index contributed by atoms with van der Waals surface area (Å²) in [6.45, 7) is 1.90. The van der Waals surface area contributed by atoms with E-state index in [2.05, 4.69) is 5.16 Å². The number of anilines is 1. The van der Waals surface area contributed by atoms with Crippen LogP contribution in [-0.4, -0.2) is 42.8 Å². The third kappa shape index (κ3) is 3.14. The molecule has 6 unspecified atom stereocenters. The summed E-state index contributed by atoms with van der Waals surface area (Å²) in [7, 11) is 0. The molecule has 2 aromatic rings. The fourth-order valence-corrected chi connectivity index (χ4v) is 6.48. The van der Waals surface area contributed by atoms with Crippen molar-refractivity contribution in [2.75, 3.05) is 18.1 Å². The first-order valence-corrected chi connectivity index (χ1v) is 12.0. The number of fused-ring (bicyclic) bond motifs is 8. The molecule has 2 amide bonds. The molecule has 4 aliphatic rings. The Balaban J connectivity index is 1.28. The average Bonchev–Trinajstić information content (AvgIpc) is 3.63. The molecular weight excluding hydrogens is 462 g/mol. The molecule has 6 atom stereocenters. The molecule has 9 nitrogen and oxygen atoms in total. The number of hydrogen-bond donors (Lipinski definition) is 0. The number of para-hydroxylation sites is 1. The molecule has 3 fully saturated rings. The molecule has 0 N–H and O–H groups in total. The van der Waals surface area contributed by atoms with Crippen LogP contribution >= 0.6 is 0 Å². The zero-order valence-corrected chi connectivity index (χ0v) is 19.5. The first-order chi connectivity index (χ1) is 17.5. The predicted octanol–water partition coefficient (Wildman–Crippen LogP) is 2.94. The molecule has 0 spiro atoms. The Labute approximate surface area is 207 Å². The Kier molecular flexibility index (Phi) is 5.25. The summed E-state index contributed by atoms with van der Waals surface area (Å²) >= 11 is 0. The van der Waals surface area contributed by atoms with Crippen LogP contribution in [0.15, 0.2) is 53.7 Å². The van der Waals surface area contributed by atoms with Crippen LogP contribution in [0.1, 0.15) is 29.3 Å². The second kappa shape index (κ2) is 8.48. The standard InChI is InChI=1S/C27H23N3O6/c1-2-34-27(33)14-7-9-15(10-8-14)30-25(31)20-17-13-18(21(20)26(30)32)24-22(17)23(29-36-24)16-5-3-4-6-19(16)35-12-11-28/h3-10,17-18,20-22,24H,2,12-13H2,1H3. The number of oxime groups is 1. The summed E-state index contributed by atoms with van der Waals surface area (Å²) in [6, 6.07) is 15.7. The highest BCUT2D eigenvalue weighted by Gasteiger charge is 2.70. The summed E-state index contributed by atoms with van der Waals surface area (Å²) in [5, 5.41) is 13.3. The molecule has 0 aromatic heterocycles. The van der Waals surface area contributed by atoms with Gasteiger partial charge in [-0.3, -0.25) is 14.5 Å². The van der Waals surface area contributed by atoms with E-state index < -0.39 is 17.8 Å². The van der Waals surface area contributed by atoms with Gasteiger partial charge in [-0.2, -0.15) is 5.26 Å². The summed E-state index contributed by atoms with van der Waals surface area (Å²) < 4.78 is 10.6. The van der Waals surface area contributed by atoms with Crippen LogP contribution in [0.4, 0.5) is 5.69 Å². The number of nitriles is 1. The van der Waals surface area contributed by atoms with E-state index in [1.165, 1.54) is 4.90 Å². The van der Waals surface area contributed by atoms with Crippen LogP contribution in [0.5, 0.6) is 5.75 Å². The molecule has 2 bridgehead atoms. The van der Waals surface area contributed by atoms with Gasteiger partial charge in [-0.15, -0.1) is 0 Å². The molecule has 2 saturated carbocycles. The number of carbonyl (C=O) groups excluding carboxylic acids is 3. The lowest BCUT2D eigenvalue weighted by atomic mass is 9.71. The Morgan fingerprint density at radius 2 is 1.81 bits per heavy atom. The van der Waals surface area contributed by atoms with Crippen molar-refractivity contribution in [1.29, 1.82) is 5.26 Å². The van der Waals surface area contributed by atoms with Gasteiger partial charge in [0.25, 0.3) is 0 Å². The number of nitrogens with zero attached hydrogens (tertiary/aromatic N) is 3. The Bertz CT molecular complexity index is 1330. The number of esters is 1. The van der Waals surface area contributed by atoms with Gasteiger partial charge >= 0.3 is 5.97 Å². The largest absolute Gasteiger partial charge is 0.478 e. The van der Waals surface area contributed by atoms with Crippen LogP contribution in [0, 0.1) is 40.9 Å². The number of hydrogen-bond acceptors (Lipinski definition) is 8. The van der Waals surface area contributed by atoms with E-state index in [1.54, 1.807) is 37.3 Å². The molecule has 6 rings (SSSR count). The van der Waals surface area contributed by atoms with Crippen molar-refractivity contribution in [2.45, 2.75) is 19.4 Å². The van der Waals surface area contributed by atoms with Crippen LogP contribution in [0.2, 0.25) is 0 Å². The zero-order chi connectivity index (χ0) is 25.0. The molecule has 0 radical (unpaired) electrons.